The lowest BCUT2D eigenvalue weighted by atomic mass is 9.99. The molecule has 0 heterocycles. The molecule has 1 aliphatic rings. The number of nitrogens with zero attached hydrogens (tertiary/aromatic N) is 1. The average molecular weight is 814 g/mol. The zero-order valence-corrected chi connectivity index (χ0v) is 38.1. The molecule has 1 saturated carbocycles. The highest BCUT2D eigenvalue weighted by molar-refractivity contribution is 5.89. The van der Waals surface area contributed by atoms with Crippen molar-refractivity contribution in [3.8, 4) is 16.9 Å². The smallest absolute Gasteiger partial charge is 0.223 e. The van der Waals surface area contributed by atoms with Crippen LogP contribution in [0, 0.1) is 5.92 Å². The van der Waals surface area contributed by atoms with Gasteiger partial charge in [0.25, 0.3) is 0 Å². The number of hydrogen-bond acceptors (Lipinski definition) is 6. The number of unbranched alkanes of at least 4 members (excludes halogenated alkanes) is 13. The molecule has 0 aliphatic heterocycles. The van der Waals surface area contributed by atoms with Crippen molar-refractivity contribution in [3.05, 3.63) is 72.4 Å². The summed E-state index contributed by atoms with van der Waals surface area (Å²) in [4.78, 5) is 39.2. The van der Waals surface area contributed by atoms with Crippen LogP contribution in [0.3, 0.4) is 0 Å². The predicted octanol–water partition coefficient (Wildman–Crippen LogP) is 12.8. The van der Waals surface area contributed by atoms with Crippen molar-refractivity contribution < 1.29 is 19.1 Å². The maximum absolute atomic E-state index is 13.3. The van der Waals surface area contributed by atoms with Crippen LogP contribution >= 0.6 is 0 Å². The number of nitrogens with one attached hydrogen (secondary N) is 1. The normalized spacial score (nSPS) is 12.9. The summed E-state index contributed by atoms with van der Waals surface area (Å²) >= 11 is 0. The molecule has 0 bridgehead atoms. The van der Waals surface area contributed by atoms with E-state index in [9.17, 15) is 14.4 Å². The van der Waals surface area contributed by atoms with Crippen LogP contribution < -0.4 is 15.8 Å². The third-order valence-corrected chi connectivity index (χ3v) is 11.2. The second kappa shape index (κ2) is 32.1. The Morgan fingerprint density at radius 2 is 1.31 bits per heavy atom. The van der Waals surface area contributed by atoms with E-state index in [0.717, 1.165) is 88.8 Å². The van der Waals surface area contributed by atoms with Crippen molar-refractivity contribution in [2.75, 3.05) is 26.2 Å². The molecule has 1 atom stereocenters. The summed E-state index contributed by atoms with van der Waals surface area (Å²) in [6, 6.07) is 16.8. The van der Waals surface area contributed by atoms with Gasteiger partial charge in [0.2, 0.25) is 5.91 Å². The molecule has 1 aliphatic carbocycles. The molecule has 1 unspecified atom stereocenters. The van der Waals surface area contributed by atoms with Gasteiger partial charge >= 0.3 is 0 Å². The fourth-order valence-corrected chi connectivity index (χ4v) is 7.30. The Bertz CT molecular complexity index is 1480. The van der Waals surface area contributed by atoms with E-state index in [1.54, 1.807) is 4.90 Å². The van der Waals surface area contributed by atoms with Gasteiger partial charge in [0, 0.05) is 24.6 Å². The summed E-state index contributed by atoms with van der Waals surface area (Å²) in [5.41, 5.74) is 11.7. The molecule has 3 rings (SSSR count). The van der Waals surface area contributed by atoms with Crippen molar-refractivity contribution in [3.63, 3.8) is 0 Å². The van der Waals surface area contributed by atoms with Crippen molar-refractivity contribution in [1.82, 2.24) is 10.2 Å². The van der Waals surface area contributed by atoms with Gasteiger partial charge in [-0.1, -0.05) is 154 Å². The number of Topliss-reactive ketones (excluding diaryl/α,β-unsaturated/α-hetero) is 2. The second-order valence-electron chi connectivity index (χ2n) is 16.4. The molecule has 2 aromatic rings. The van der Waals surface area contributed by atoms with Gasteiger partial charge in [-0.25, -0.2) is 0 Å². The maximum atomic E-state index is 13.3. The number of nitrogens with two attached hydrogens (primary N) is 1. The fraction of sp³-hybridized carbons (Fsp3) is 0.635. The van der Waals surface area contributed by atoms with Gasteiger partial charge in [0.15, 0.2) is 5.78 Å². The lowest BCUT2D eigenvalue weighted by Crippen LogP contribution is -2.39. The summed E-state index contributed by atoms with van der Waals surface area (Å²) in [5.74, 6) is 1.41. The third kappa shape index (κ3) is 23.0. The molecule has 3 N–H and O–H groups in total. The van der Waals surface area contributed by atoms with Gasteiger partial charge in [0.1, 0.15) is 11.5 Å². The van der Waals surface area contributed by atoms with Gasteiger partial charge in [-0.15, -0.1) is 0 Å². The van der Waals surface area contributed by atoms with Crippen LogP contribution in [-0.2, 0) is 14.4 Å². The van der Waals surface area contributed by atoms with Crippen molar-refractivity contribution >= 4 is 23.0 Å². The highest BCUT2D eigenvalue weighted by Gasteiger charge is 2.31. The predicted molar refractivity (Wildman–Crippen MR) is 250 cm³/mol. The van der Waals surface area contributed by atoms with E-state index < -0.39 is 0 Å². The number of ether oxygens (including phenoxy) is 1. The van der Waals surface area contributed by atoms with Crippen molar-refractivity contribution in [1.29, 1.82) is 0 Å². The first-order chi connectivity index (χ1) is 28.7. The molecule has 0 spiro atoms. The first-order valence-electron chi connectivity index (χ1n) is 23.7. The van der Waals surface area contributed by atoms with E-state index in [4.69, 9.17) is 10.5 Å². The minimum atomic E-state index is -0.385. The topological polar surface area (TPSA) is 102 Å². The molecule has 0 aromatic heterocycles. The van der Waals surface area contributed by atoms with E-state index in [0.29, 0.717) is 19.4 Å². The molecule has 1 amide bonds. The van der Waals surface area contributed by atoms with Gasteiger partial charge in [-0.3, -0.25) is 14.4 Å². The van der Waals surface area contributed by atoms with Crippen molar-refractivity contribution in [2.45, 2.75) is 182 Å². The zero-order valence-electron chi connectivity index (χ0n) is 38.1. The molecular formula is C52H83N3O4. The van der Waals surface area contributed by atoms with Gasteiger partial charge in [0.05, 0.1) is 25.7 Å². The lowest BCUT2D eigenvalue weighted by molar-refractivity contribution is -0.135. The number of hydrogen-bond donors (Lipinski definition) is 2. The van der Waals surface area contributed by atoms with E-state index in [-0.39, 0.29) is 36.0 Å². The van der Waals surface area contributed by atoms with Crippen LogP contribution in [0.5, 0.6) is 5.75 Å². The Morgan fingerprint density at radius 1 is 0.763 bits per heavy atom. The molecule has 330 valence electrons. The van der Waals surface area contributed by atoms with Crippen LogP contribution in [-0.4, -0.2) is 54.7 Å². The second-order valence-corrected chi connectivity index (χ2v) is 16.4. The molecule has 0 radical (unpaired) electrons. The summed E-state index contributed by atoms with van der Waals surface area (Å²) in [5, 5.41) is 3.49. The van der Waals surface area contributed by atoms with E-state index in [2.05, 4.69) is 80.4 Å². The number of allylic oxidation sites excluding steroid dienone is 2. The zero-order chi connectivity index (χ0) is 43.1. The van der Waals surface area contributed by atoms with Crippen LogP contribution in [0.2, 0.25) is 0 Å². The number of amides is 1. The maximum Gasteiger partial charge on any atom is 0.223 e. The number of carbonyl (C=O) groups is 3. The first kappa shape index (κ1) is 51.4. The monoisotopic (exact) mass is 814 g/mol. The van der Waals surface area contributed by atoms with Crippen LogP contribution in [0.25, 0.3) is 16.7 Å². The summed E-state index contributed by atoms with van der Waals surface area (Å²) < 4.78 is 6.02. The summed E-state index contributed by atoms with van der Waals surface area (Å²) in [6.07, 6.45) is 25.8. The number of carbonyl (C=O) groups excluding carboxylic acids is 3. The molecule has 7 nitrogen and oxygen atoms in total. The summed E-state index contributed by atoms with van der Waals surface area (Å²) in [6.45, 7) is 16.2. The quantitative estimate of drug-likeness (QED) is 0.0682. The molecule has 1 fully saturated rings. The van der Waals surface area contributed by atoms with Crippen molar-refractivity contribution in [2.24, 2.45) is 11.7 Å². The van der Waals surface area contributed by atoms with Crippen LogP contribution in [0.15, 0.2) is 66.9 Å². The Hall–Kier alpha value is -3.71. The highest BCUT2D eigenvalue weighted by atomic mass is 16.5. The Balaban J connectivity index is 0.00000590. The minimum absolute atomic E-state index is 0.0293. The molecule has 59 heavy (non-hydrogen) atoms. The molecular weight excluding hydrogens is 731 g/mol. The van der Waals surface area contributed by atoms with E-state index in [1.807, 2.05) is 13.8 Å². The third-order valence-electron chi connectivity index (χ3n) is 11.2. The lowest BCUT2D eigenvalue weighted by Gasteiger charge is -2.24. The van der Waals surface area contributed by atoms with Crippen LogP contribution in [0.4, 0.5) is 0 Å². The van der Waals surface area contributed by atoms with Gasteiger partial charge in [-0.2, -0.15) is 0 Å². The van der Waals surface area contributed by atoms with Gasteiger partial charge < -0.3 is 20.7 Å². The molecule has 0 saturated heterocycles. The SMILES string of the molecule is C=C(CCC)c1ccc(-c2ccc(OCCCCCCCCCCCCCCCC(=O)N(CC(=O)C3CC3)C/C(=C\CC)NCCCCC(N)C(C)=O)cc2)cc1.CC. The minimum Gasteiger partial charge on any atom is -0.494 e. The first-order valence-corrected chi connectivity index (χ1v) is 23.7. The Kier molecular flexibility index (Phi) is 28.0. The standard InChI is InChI=1S/C50H77N3O4.C2H6/c1-5-22-40(3)42-26-28-43(29-27-42)44-32-34-47(35-33-44)57-37-21-17-15-13-11-9-7-8-10-12-14-16-18-25-50(56)53(39-49(55)45-30-31-45)38-46(23-6-2)52-36-20-19-24-48(51)41(4)54;1-2/h23,26-29,32-35,45,48,52H,3,5-22,24-25,30-31,36-39,51H2,1-2,4H3;1-2H3/b46-23+;. The van der Waals surface area contributed by atoms with E-state index >= 15 is 0 Å². The molecule has 2 aromatic carbocycles. The molecule has 7 heteroatoms. The largest absolute Gasteiger partial charge is 0.494 e. The number of benzene rings is 2. The number of rotatable bonds is 34. The fourth-order valence-electron chi connectivity index (χ4n) is 7.30. The van der Waals surface area contributed by atoms with Gasteiger partial charge in [-0.05, 0) is 99.1 Å². The number of ketones is 2. The Labute approximate surface area is 360 Å². The average Bonchev–Trinajstić information content (AvgIpc) is 4.10. The summed E-state index contributed by atoms with van der Waals surface area (Å²) in [7, 11) is 0. The van der Waals surface area contributed by atoms with E-state index in [1.165, 1.54) is 93.4 Å². The highest BCUT2D eigenvalue weighted by Crippen LogP contribution is 2.30. The Morgan fingerprint density at radius 3 is 1.83 bits per heavy atom. The van der Waals surface area contributed by atoms with Crippen LogP contribution in [0.1, 0.15) is 181 Å².